The Balaban J connectivity index is 2.56. The lowest BCUT2D eigenvalue weighted by Crippen LogP contribution is -2.02. The minimum Gasteiger partial charge on any atom is -0.493 e. The number of halogens is 2. The normalized spacial score (nSPS) is 10.5. The minimum absolute atomic E-state index is 0.668. The van der Waals surface area contributed by atoms with Crippen molar-refractivity contribution in [1.29, 1.82) is 0 Å². The van der Waals surface area contributed by atoms with Gasteiger partial charge in [0.1, 0.15) is 0 Å². The Labute approximate surface area is 129 Å². The van der Waals surface area contributed by atoms with Gasteiger partial charge in [0.2, 0.25) is 0 Å². The van der Waals surface area contributed by atoms with E-state index in [1.54, 1.807) is 13.2 Å². The summed E-state index contributed by atoms with van der Waals surface area (Å²) in [6.07, 6.45) is 6.14. The second-order valence-corrected chi connectivity index (χ2v) is 5.49. The van der Waals surface area contributed by atoms with Crippen molar-refractivity contribution in [2.24, 2.45) is 0 Å². The molecule has 0 amide bonds. The lowest BCUT2D eigenvalue weighted by atomic mass is 10.1. The summed E-state index contributed by atoms with van der Waals surface area (Å²) >= 11 is 9.50. The highest BCUT2D eigenvalue weighted by Gasteiger charge is 2.11. The predicted octanol–water partition coefficient (Wildman–Crippen LogP) is 5.59. The molecule has 0 atom stereocenters. The van der Waals surface area contributed by atoms with Crippen molar-refractivity contribution < 1.29 is 9.47 Å². The zero-order valence-electron chi connectivity index (χ0n) is 11.7. The lowest BCUT2D eigenvalue weighted by Gasteiger charge is -2.14. The lowest BCUT2D eigenvalue weighted by molar-refractivity contribution is 0.283. The highest BCUT2D eigenvalue weighted by Crippen LogP contribution is 2.36. The van der Waals surface area contributed by atoms with Gasteiger partial charge < -0.3 is 9.47 Å². The molecule has 1 rings (SSSR count). The molecule has 0 aromatic heterocycles. The summed E-state index contributed by atoms with van der Waals surface area (Å²) in [4.78, 5) is 0. The molecule has 0 unspecified atom stereocenters. The van der Waals surface area contributed by atoms with Crippen molar-refractivity contribution in [3.63, 3.8) is 0 Å². The van der Waals surface area contributed by atoms with E-state index in [0.29, 0.717) is 16.1 Å². The van der Waals surface area contributed by atoms with Crippen molar-refractivity contribution >= 4 is 27.5 Å². The predicted molar refractivity (Wildman–Crippen MR) is 84.9 cm³/mol. The number of methoxy groups -OCH3 is 1. The summed E-state index contributed by atoms with van der Waals surface area (Å²) in [5.74, 6) is 1.51. The molecule has 0 saturated carbocycles. The Morgan fingerprint density at radius 3 is 2.53 bits per heavy atom. The molecule has 0 saturated heterocycles. The summed E-state index contributed by atoms with van der Waals surface area (Å²) in [7, 11) is 1.64. The molecule has 0 radical (unpaired) electrons. The van der Waals surface area contributed by atoms with E-state index in [4.69, 9.17) is 21.1 Å². The monoisotopic (exact) mass is 348 g/mol. The fourth-order valence-electron chi connectivity index (χ4n) is 1.92. The molecule has 1 aromatic rings. The van der Waals surface area contributed by atoms with Gasteiger partial charge in [-0.1, -0.05) is 60.1 Å². The van der Waals surface area contributed by atoms with Gasteiger partial charge in [-0.25, -0.2) is 0 Å². The Morgan fingerprint density at radius 1 is 1.16 bits per heavy atom. The van der Waals surface area contributed by atoms with Crippen LogP contribution in [0.3, 0.4) is 0 Å². The Hall–Kier alpha value is -0.410. The van der Waals surface area contributed by atoms with E-state index in [9.17, 15) is 0 Å². The fraction of sp³-hybridized carbons (Fsp3) is 0.600. The molecule has 0 heterocycles. The van der Waals surface area contributed by atoms with Crippen LogP contribution in [-0.2, 0) is 5.33 Å². The highest BCUT2D eigenvalue weighted by molar-refractivity contribution is 9.08. The average molecular weight is 350 g/mol. The third-order valence-corrected chi connectivity index (χ3v) is 3.78. The van der Waals surface area contributed by atoms with Crippen LogP contribution >= 0.6 is 27.5 Å². The zero-order valence-corrected chi connectivity index (χ0v) is 14.0. The van der Waals surface area contributed by atoms with Crippen LogP contribution in [0.2, 0.25) is 5.02 Å². The van der Waals surface area contributed by atoms with Crippen LogP contribution in [0.5, 0.6) is 11.5 Å². The van der Waals surface area contributed by atoms with Gasteiger partial charge in [0, 0.05) is 22.0 Å². The van der Waals surface area contributed by atoms with E-state index in [1.807, 2.05) is 6.07 Å². The van der Waals surface area contributed by atoms with E-state index >= 15 is 0 Å². The molecule has 2 nitrogen and oxygen atoms in total. The third-order valence-electron chi connectivity index (χ3n) is 2.95. The Kier molecular flexibility index (Phi) is 8.31. The summed E-state index contributed by atoms with van der Waals surface area (Å²) in [5.41, 5.74) is 1.03. The fourth-order valence-corrected chi connectivity index (χ4v) is 2.56. The maximum atomic E-state index is 6.04. The molecule has 0 aliphatic rings. The number of rotatable bonds is 9. The standard InChI is InChI=1S/C15H22BrClO2/c1-3-4-5-6-7-8-19-15-12(11-16)9-13(17)10-14(15)18-2/h9-10H,3-8,11H2,1-2H3. The van der Waals surface area contributed by atoms with E-state index in [0.717, 1.165) is 24.3 Å². The Bertz CT molecular complexity index is 357. The van der Waals surface area contributed by atoms with Gasteiger partial charge in [0.15, 0.2) is 11.5 Å². The van der Waals surface area contributed by atoms with Gasteiger partial charge in [0.25, 0.3) is 0 Å². The molecule has 0 bridgehead atoms. The molecule has 0 spiro atoms. The van der Waals surface area contributed by atoms with Crippen LogP contribution < -0.4 is 9.47 Å². The molecule has 0 fully saturated rings. The van der Waals surface area contributed by atoms with Gasteiger partial charge in [-0.05, 0) is 12.5 Å². The van der Waals surface area contributed by atoms with Gasteiger partial charge in [-0.3, -0.25) is 0 Å². The molecule has 0 aliphatic carbocycles. The zero-order chi connectivity index (χ0) is 14.1. The van der Waals surface area contributed by atoms with Crippen molar-refractivity contribution in [3.8, 4) is 11.5 Å². The number of ether oxygens (including phenoxy) is 2. The molecule has 1 aromatic carbocycles. The summed E-state index contributed by atoms with van der Waals surface area (Å²) in [6.45, 7) is 2.94. The first-order chi connectivity index (χ1) is 9.22. The van der Waals surface area contributed by atoms with Gasteiger partial charge in [-0.2, -0.15) is 0 Å². The first-order valence-corrected chi connectivity index (χ1v) is 8.28. The summed E-state index contributed by atoms with van der Waals surface area (Å²) in [6, 6.07) is 3.70. The number of benzene rings is 1. The molecule has 19 heavy (non-hydrogen) atoms. The third kappa shape index (κ3) is 5.62. The largest absolute Gasteiger partial charge is 0.493 e. The Morgan fingerprint density at radius 2 is 1.89 bits per heavy atom. The van der Waals surface area contributed by atoms with Crippen molar-refractivity contribution in [3.05, 3.63) is 22.7 Å². The topological polar surface area (TPSA) is 18.5 Å². The van der Waals surface area contributed by atoms with Gasteiger partial charge >= 0.3 is 0 Å². The van der Waals surface area contributed by atoms with Gasteiger partial charge in [0.05, 0.1) is 13.7 Å². The number of hydrogen-bond acceptors (Lipinski definition) is 2. The SMILES string of the molecule is CCCCCCCOc1c(CBr)cc(Cl)cc1OC. The average Bonchev–Trinajstić information content (AvgIpc) is 2.43. The van der Waals surface area contributed by atoms with Crippen LogP contribution in [0.1, 0.15) is 44.6 Å². The molecule has 108 valence electrons. The van der Waals surface area contributed by atoms with E-state index < -0.39 is 0 Å². The second kappa shape index (κ2) is 9.49. The minimum atomic E-state index is 0.668. The summed E-state index contributed by atoms with van der Waals surface area (Å²) in [5, 5.41) is 1.37. The second-order valence-electron chi connectivity index (χ2n) is 4.49. The van der Waals surface area contributed by atoms with Crippen molar-refractivity contribution in [1.82, 2.24) is 0 Å². The van der Waals surface area contributed by atoms with Gasteiger partial charge in [-0.15, -0.1) is 0 Å². The van der Waals surface area contributed by atoms with Crippen molar-refractivity contribution in [2.75, 3.05) is 13.7 Å². The highest BCUT2D eigenvalue weighted by atomic mass is 79.9. The summed E-state index contributed by atoms with van der Waals surface area (Å²) < 4.78 is 11.2. The maximum Gasteiger partial charge on any atom is 0.165 e. The molecule has 0 aliphatic heterocycles. The molecular formula is C15H22BrClO2. The van der Waals surface area contributed by atoms with E-state index in [-0.39, 0.29) is 0 Å². The van der Waals surface area contributed by atoms with Crippen LogP contribution in [0.25, 0.3) is 0 Å². The number of unbranched alkanes of at least 4 members (excludes halogenated alkanes) is 4. The number of hydrogen-bond donors (Lipinski definition) is 0. The van der Waals surface area contributed by atoms with Crippen molar-refractivity contribution in [2.45, 2.75) is 44.4 Å². The number of alkyl halides is 1. The van der Waals surface area contributed by atoms with E-state index in [2.05, 4.69) is 22.9 Å². The first-order valence-electron chi connectivity index (χ1n) is 6.78. The van der Waals surface area contributed by atoms with Crippen LogP contribution in [-0.4, -0.2) is 13.7 Å². The van der Waals surface area contributed by atoms with Crippen LogP contribution in [0.15, 0.2) is 12.1 Å². The van der Waals surface area contributed by atoms with E-state index in [1.165, 1.54) is 25.7 Å². The molecule has 4 heteroatoms. The molecule has 0 N–H and O–H groups in total. The maximum absolute atomic E-state index is 6.04. The molecular weight excluding hydrogens is 328 g/mol. The van der Waals surface area contributed by atoms with Crippen LogP contribution in [0, 0.1) is 0 Å². The quantitative estimate of drug-likeness (QED) is 0.427. The first kappa shape index (κ1) is 16.6. The van der Waals surface area contributed by atoms with Crippen LogP contribution in [0.4, 0.5) is 0 Å². The smallest absolute Gasteiger partial charge is 0.165 e.